The fraction of sp³-hybridized carbons (Fsp3) is 0.526. The van der Waals surface area contributed by atoms with Gasteiger partial charge >= 0.3 is 5.97 Å². The van der Waals surface area contributed by atoms with Crippen LogP contribution in [0, 0.1) is 0 Å². The molecule has 1 unspecified atom stereocenters. The van der Waals surface area contributed by atoms with Crippen molar-refractivity contribution < 1.29 is 19.5 Å². The average Bonchev–Trinajstić information content (AvgIpc) is 2.78. The fourth-order valence-corrected chi connectivity index (χ4v) is 6.01. The molecule has 0 aliphatic carbocycles. The summed E-state index contributed by atoms with van der Waals surface area (Å²) in [6.45, 7) is 6.21. The minimum absolute atomic E-state index is 0.174. The summed E-state index contributed by atoms with van der Waals surface area (Å²) in [7, 11) is 0. The number of carbonyl (C=O) groups is 3. The maximum Gasteiger partial charge on any atom is 0.335 e. The van der Waals surface area contributed by atoms with Crippen LogP contribution in [-0.4, -0.2) is 44.5 Å². The van der Waals surface area contributed by atoms with E-state index in [4.69, 9.17) is 5.73 Å². The van der Waals surface area contributed by atoms with Gasteiger partial charge in [-0.05, 0) is 37.9 Å². The Hall–Kier alpha value is -2.06. The standard InChI is InChI=1S/C19H25N3O4S/c1-4-9-21-15(16(20)24)11-7-5-6-8-12(11)19(17(25)26)18(2,3)27-14-10-13(23)22(14)19/h5-8,14-15,21H,4,9-10H2,1-3H3,(H2,20,24)(H,25,26)/t14-,15?,19-/m1/s1. The molecule has 2 saturated heterocycles. The minimum atomic E-state index is -1.56. The van der Waals surface area contributed by atoms with Gasteiger partial charge in [0.2, 0.25) is 11.8 Å². The third kappa shape index (κ3) is 2.73. The number of amides is 2. The molecule has 0 aromatic heterocycles. The van der Waals surface area contributed by atoms with Gasteiger partial charge in [0, 0.05) is 0 Å². The smallest absolute Gasteiger partial charge is 0.335 e. The van der Waals surface area contributed by atoms with Crippen molar-refractivity contribution in [2.45, 2.75) is 55.3 Å². The highest BCUT2D eigenvalue weighted by Gasteiger charge is 2.70. The number of carbonyl (C=O) groups excluding carboxylic acids is 2. The maximum absolute atomic E-state index is 12.7. The first-order chi connectivity index (χ1) is 12.7. The molecule has 0 saturated carbocycles. The summed E-state index contributed by atoms with van der Waals surface area (Å²) in [6, 6.07) is 6.08. The number of carboxylic acids is 1. The number of fused-ring (bicyclic) bond motifs is 1. The summed E-state index contributed by atoms with van der Waals surface area (Å²) >= 11 is 1.49. The van der Waals surface area contributed by atoms with Crippen molar-refractivity contribution in [3.8, 4) is 0 Å². The van der Waals surface area contributed by atoms with Gasteiger partial charge < -0.3 is 21.1 Å². The van der Waals surface area contributed by atoms with E-state index in [1.165, 1.54) is 16.7 Å². The Morgan fingerprint density at radius 3 is 2.63 bits per heavy atom. The Morgan fingerprint density at radius 1 is 1.41 bits per heavy atom. The van der Waals surface area contributed by atoms with Gasteiger partial charge in [-0.2, -0.15) is 0 Å². The number of nitrogens with two attached hydrogens (primary N) is 1. The zero-order valence-corrected chi connectivity index (χ0v) is 16.5. The van der Waals surface area contributed by atoms with E-state index in [1.807, 2.05) is 20.8 Å². The first-order valence-electron chi connectivity index (χ1n) is 9.04. The lowest BCUT2D eigenvalue weighted by molar-refractivity contribution is -0.169. The van der Waals surface area contributed by atoms with Crippen LogP contribution in [0.1, 0.15) is 50.8 Å². The highest BCUT2D eigenvalue weighted by atomic mass is 32.2. The van der Waals surface area contributed by atoms with Crippen LogP contribution in [0.2, 0.25) is 0 Å². The monoisotopic (exact) mass is 391 g/mol. The van der Waals surface area contributed by atoms with Gasteiger partial charge in [0.25, 0.3) is 0 Å². The molecule has 0 bridgehead atoms. The fourth-order valence-electron chi connectivity index (χ4n) is 4.26. The van der Waals surface area contributed by atoms with Gasteiger partial charge in [0.15, 0.2) is 5.54 Å². The molecule has 146 valence electrons. The SMILES string of the molecule is CCCNC(C(N)=O)c1ccccc1[C@]1(C(=O)O)N2C(=O)C[C@H]2SC1(C)C. The van der Waals surface area contributed by atoms with E-state index < -0.39 is 28.2 Å². The van der Waals surface area contributed by atoms with Gasteiger partial charge in [-0.15, -0.1) is 11.8 Å². The Morgan fingerprint density at radius 2 is 2.07 bits per heavy atom. The lowest BCUT2D eigenvalue weighted by Crippen LogP contribution is -2.65. The topological polar surface area (TPSA) is 113 Å². The van der Waals surface area contributed by atoms with Gasteiger partial charge in [0.1, 0.15) is 6.04 Å². The van der Waals surface area contributed by atoms with Gasteiger partial charge in [0.05, 0.1) is 16.5 Å². The summed E-state index contributed by atoms with van der Waals surface area (Å²) in [4.78, 5) is 38.7. The molecule has 2 fully saturated rings. The van der Waals surface area contributed by atoms with Crippen molar-refractivity contribution >= 4 is 29.5 Å². The highest BCUT2D eigenvalue weighted by Crippen LogP contribution is 2.61. The summed E-state index contributed by atoms with van der Waals surface area (Å²) < 4.78 is -0.779. The van der Waals surface area contributed by atoms with Crippen LogP contribution in [0.15, 0.2) is 24.3 Å². The molecule has 1 aromatic carbocycles. The van der Waals surface area contributed by atoms with E-state index in [9.17, 15) is 19.5 Å². The largest absolute Gasteiger partial charge is 0.479 e. The predicted molar refractivity (Wildman–Crippen MR) is 103 cm³/mol. The molecular formula is C19H25N3O4S. The number of hydrogen-bond acceptors (Lipinski definition) is 5. The van der Waals surface area contributed by atoms with Crippen molar-refractivity contribution in [2.75, 3.05) is 6.54 Å². The predicted octanol–water partition coefficient (Wildman–Crippen LogP) is 1.58. The number of rotatable bonds is 7. The Balaban J connectivity index is 2.23. The van der Waals surface area contributed by atoms with Crippen LogP contribution < -0.4 is 11.1 Å². The van der Waals surface area contributed by atoms with Crippen LogP contribution in [0.3, 0.4) is 0 Å². The third-order valence-electron chi connectivity index (χ3n) is 5.42. The van der Waals surface area contributed by atoms with Crippen LogP contribution in [0.4, 0.5) is 0 Å². The Kier molecular flexibility index (Phi) is 4.98. The first-order valence-corrected chi connectivity index (χ1v) is 9.92. The summed E-state index contributed by atoms with van der Waals surface area (Å²) in [6.07, 6.45) is 1.13. The van der Waals surface area contributed by atoms with E-state index in [1.54, 1.807) is 24.3 Å². The Labute approximate surface area is 162 Å². The number of thioether (sulfide) groups is 1. The number of β-lactam (4-membered cyclic amide) rings is 1. The molecule has 2 heterocycles. The first kappa shape index (κ1) is 19.7. The van der Waals surface area contributed by atoms with Crippen molar-refractivity contribution in [1.29, 1.82) is 0 Å². The van der Waals surface area contributed by atoms with E-state index in [0.29, 0.717) is 24.1 Å². The summed E-state index contributed by atoms with van der Waals surface area (Å²) in [5.41, 5.74) is 5.02. The molecule has 0 spiro atoms. The number of hydrogen-bond donors (Lipinski definition) is 3. The molecule has 1 aromatic rings. The number of carboxylic acid groups (broad SMARTS) is 1. The zero-order valence-electron chi connectivity index (χ0n) is 15.7. The molecule has 3 rings (SSSR count). The number of primary amides is 1. The van der Waals surface area contributed by atoms with Gasteiger partial charge in [-0.3, -0.25) is 9.59 Å². The van der Waals surface area contributed by atoms with Crippen molar-refractivity contribution in [2.24, 2.45) is 5.73 Å². The lowest BCUT2D eigenvalue weighted by Gasteiger charge is -2.47. The highest BCUT2D eigenvalue weighted by molar-refractivity contribution is 8.01. The van der Waals surface area contributed by atoms with E-state index in [0.717, 1.165) is 6.42 Å². The number of benzene rings is 1. The van der Waals surface area contributed by atoms with Crippen LogP contribution in [-0.2, 0) is 19.9 Å². The molecule has 4 N–H and O–H groups in total. The summed E-state index contributed by atoms with van der Waals surface area (Å²) in [5.74, 6) is -1.86. The van der Waals surface area contributed by atoms with E-state index in [2.05, 4.69) is 5.32 Å². The second-order valence-electron chi connectivity index (χ2n) is 7.44. The molecular weight excluding hydrogens is 366 g/mol. The van der Waals surface area contributed by atoms with Crippen molar-refractivity contribution in [3.05, 3.63) is 35.4 Å². The number of aliphatic carboxylic acids is 1. The molecule has 2 aliphatic rings. The average molecular weight is 391 g/mol. The van der Waals surface area contributed by atoms with Gasteiger partial charge in [-0.1, -0.05) is 31.2 Å². The Bertz CT molecular complexity index is 797. The maximum atomic E-state index is 12.7. The minimum Gasteiger partial charge on any atom is -0.479 e. The molecule has 3 atom stereocenters. The normalized spacial score (nSPS) is 27.0. The summed E-state index contributed by atoms with van der Waals surface area (Å²) in [5, 5.41) is 13.3. The van der Waals surface area contributed by atoms with Crippen LogP contribution in [0.5, 0.6) is 0 Å². The lowest BCUT2D eigenvalue weighted by atomic mass is 9.73. The number of nitrogens with zero attached hydrogens (tertiary/aromatic N) is 1. The van der Waals surface area contributed by atoms with Crippen LogP contribution >= 0.6 is 11.8 Å². The quantitative estimate of drug-likeness (QED) is 0.608. The van der Waals surface area contributed by atoms with Crippen molar-refractivity contribution in [1.82, 2.24) is 10.2 Å². The molecule has 0 radical (unpaired) electrons. The van der Waals surface area contributed by atoms with Crippen molar-refractivity contribution in [3.63, 3.8) is 0 Å². The molecule has 7 nitrogen and oxygen atoms in total. The molecule has 8 heteroatoms. The third-order valence-corrected chi connectivity index (χ3v) is 6.96. The molecule has 2 amide bonds. The second-order valence-corrected chi connectivity index (χ2v) is 9.24. The van der Waals surface area contributed by atoms with Gasteiger partial charge in [-0.25, -0.2) is 4.79 Å². The molecule has 2 aliphatic heterocycles. The second kappa shape index (κ2) is 6.83. The molecule has 27 heavy (non-hydrogen) atoms. The van der Waals surface area contributed by atoms with E-state index in [-0.39, 0.29) is 11.3 Å². The van der Waals surface area contributed by atoms with Crippen LogP contribution in [0.25, 0.3) is 0 Å². The zero-order chi connectivity index (χ0) is 20.0. The number of nitrogens with one attached hydrogen (secondary N) is 1. The van der Waals surface area contributed by atoms with E-state index >= 15 is 0 Å².